The second kappa shape index (κ2) is 6.88. The molecule has 21 heavy (non-hydrogen) atoms. The van der Waals surface area contributed by atoms with Gasteiger partial charge in [-0.1, -0.05) is 17.7 Å². The summed E-state index contributed by atoms with van der Waals surface area (Å²) in [6.07, 6.45) is 2.09. The van der Waals surface area contributed by atoms with Crippen LogP contribution in [0.25, 0.3) is 0 Å². The summed E-state index contributed by atoms with van der Waals surface area (Å²) in [7, 11) is 0. The van der Waals surface area contributed by atoms with Crippen LogP contribution in [0.15, 0.2) is 58.8 Å². The molecule has 1 atom stereocenters. The molecule has 2 heterocycles. The second-order valence-corrected chi connectivity index (χ2v) is 8.07. The van der Waals surface area contributed by atoms with Crippen LogP contribution in [0.2, 0.25) is 4.34 Å². The smallest absolute Gasteiger partial charge is 0.0954 e. The molecule has 2 aromatic heterocycles. The summed E-state index contributed by atoms with van der Waals surface area (Å²) in [5, 5.41) is 5.72. The maximum atomic E-state index is 6.10. The highest BCUT2D eigenvalue weighted by Gasteiger charge is 2.17. The number of hydrogen-bond acceptors (Lipinski definition) is 4. The number of benzene rings is 1. The Labute approximate surface area is 142 Å². The fourth-order valence-electron chi connectivity index (χ4n) is 2.08. The molecule has 0 saturated heterocycles. The molecule has 0 saturated carbocycles. The number of thiophene rings is 2. The van der Waals surface area contributed by atoms with Gasteiger partial charge in [0.15, 0.2) is 0 Å². The van der Waals surface area contributed by atoms with Crippen LogP contribution in [0.1, 0.15) is 15.8 Å². The van der Waals surface area contributed by atoms with Crippen molar-refractivity contribution in [3.63, 3.8) is 0 Å². The van der Waals surface area contributed by atoms with E-state index < -0.39 is 0 Å². The van der Waals surface area contributed by atoms with Gasteiger partial charge in [0.2, 0.25) is 0 Å². The van der Waals surface area contributed by atoms with Crippen LogP contribution in [0.4, 0.5) is 5.69 Å². The third kappa shape index (κ3) is 3.64. The molecule has 3 aromatic rings. The van der Waals surface area contributed by atoms with Crippen LogP contribution in [0, 0.1) is 0 Å². The van der Waals surface area contributed by atoms with Crippen LogP contribution in [-0.4, -0.2) is 6.26 Å². The molecule has 1 aromatic carbocycles. The van der Waals surface area contributed by atoms with Gasteiger partial charge < -0.3 is 5.32 Å². The van der Waals surface area contributed by atoms with Crippen LogP contribution in [0.3, 0.4) is 0 Å². The Hall–Kier alpha value is -0.940. The highest BCUT2D eigenvalue weighted by molar-refractivity contribution is 7.98. The van der Waals surface area contributed by atoms with E-state index in [2.05, 4.69) is 59.4 Å². The van der Waals surface area contributed by atoms with Crippen LogP contribution < -0.4 is 5.32 Å². The number of hydrogen-bond donors (Lipinski definition) is 1. The molecule has 5 heteroatoms. The van der Waals surface area contributed by atoms with Crippen molar-refractivity contribution in [2.75, 3.05) is 11.6 Å². The van der Waals surface area contributed by atoms with Crippen LogP contribution in [0.5, 0.6) is 0 Å². The fourth-order valence-corrected chi connectivity index (χ4v) is 4.48. The van der Waals surface area contributed by atoms with Crippen molar-refractivity contribution in [3.05, 3.63) is 68.0 Å². The first-order valence-corrected chi connectivity index (χ1v) is 9.75. The summed E-state index contributed by atoms with van der Waals surface area (Å²) < 4.78 is 0.825. The van der Waals surface area contributed by atoms with E-state index in [0.717, 1.165) is 10.0 Å². The Morgan fingerprint density at radius 3 is 2.43 bits per heavy atom. The first-order valence-electron chi connectivity index (χ1n) is 6.45. The lowest BCUT2D eigenvalue weighted by Crippen LogP contribution is -2.09. The van der Waals surface area contributed by atoms with Crippen LogP contribution >= 0.6 is 46.0 Å². The zero-order chi connectivity index (χ0) is 14.7. The normalized spacial score (nSPS) is 12.3. The monoisotopic (exact) mass is 351 g/mol. The molecule has 3 rings (SSSR count). The average Bonchev–Trinajstić information content (AvgIpc) is 3.17. The minimum absolute atomic E-state index is 0.155. The molecule has 1 unspecified atom stereocenters. The van der Waals surface area contributed by atoms with Gasteiger partial charge in [0, 0.05) is 20.3 Å². The third-order valence-electron chi connectivity index (χ3n) is 3.11. The molecule has 108 valence electrons. The van der Waals surface area contributed by atoms with Gasteiger partial charge in [-0.3, -0.25) is 0 Å². The Morgan fingerprint density at radius 2 is 1.86 bits per heavy atom. The first kappa shape index (κ1) is 15.0. The Morgan fingerprint density at radius 1 is 1.05 bits per heavy atom. The number of halogens is 1. The van der Waals surface area contributed by atoms with Gasteiger partial charge in [0.1, 0.15) is 0 Å². The topological polar surface area (TPSA) is 12.0 Å². The largest absolute Gasteiger partial charge is 0.373 e. The SMILES string of the molecule is CSc1ccc(NC(c2cccs2)c2ccc(Cl)s2)cc1. The second-order valence-electron chi connectivity index (χ2n) is 4.46. The average molecular weight is 352 g/mol. The Bertz CT molecular complexity index is 689. The van der Waals surface area contributed by atoms with E-state index in [1.807, 2.05) is 6.07 Å². The minimum atomic E-state index is 0.155. The number of thioether (sulfide) groups is 1. The molecular weight excluding hydrogens is 338 g/mol. The summed E-state index contributed by atoms with van der Waals surface area (Å²) >= 11 is 11.2. The van der Waals surface area contributed by atoms with E-state index in [1.54, 1.807) is 34.4 Å². The zero-order valence-corrected chi connectivity index (χ0v) is 14.6. The van der Waals surface area contributed by atoms with Gasteiger partial charge in [0.25, 0.3) is 0 Å². The molecule has 0 bridgehead atoms. The third-order valence-corrected chi connectivity index (χ3v) is 6.08. The molecule has 0 amide bonds. The molecule has 0 fully saturated rings. The lowest BCUT2D eigenvalue weighted by Gasteiger charge is -2.17. The quantitative estimate of drug-likeness (QED) is 0.535. The summed E-state index contributed by atoms with van der Waals surface area (Å²) in [4.78, 5) is 3.80. The molecule has 0 spiro atoms. The van der Waals surface area contributed by atoms with Crippen molar-refractivity contribution in [3.8, 4) is 0 Å². The summed E-state index contributed by atoms with van der Waals surface area (Å²) in [6, 6.07) is 17.0. The van der Waals surface area contributed by atoms with E-state index in [1.165, 1.54) is 14.6 Å². The predicted molar refractivity (Wildman–Crippen MR) is 97.3 cm³/mol. The van der Waals surface area contributed by atoms with Gasteiger partial charge in [-0.15, -0.1) is 34.4 Å². The number of anilines is 1. The van der Waals surface area contributed by atoms with Gasteiger partial charge >= 0.3 is 0 Å². The lowest BCUT2D eigenvalue weighted by atomic mass is 10.2. The van der Waals surface area contributed by atoms with Crippen molar-refractivity contribution in [2.45, 2.75) is 10.9 Å². The van der Waals surface area contributed by atoms with Crippen molar-refractivity contribution in [2.24, 2.45) is 0 Å². The van der Waals surface area contributed by atoms with Gasteiger partial charge in [-0.05, 0) is 54.1 Å². The van der Waals surface area contributed by atoms with Gasteiger partial charge in [0.05, 0.1) is 10.4 Å². The van der Waals surface area contributed by atoms with Crippen LogP contribution in [-0.2, 0) is 0 Å². The van der Waals surface area contributed by atoms with Crippen molar-refractivity contribution < 1.29 is 0 Å². The van der Waals surface area contributed by atoms with Crippen molar-refractivity contribution in [1.29, 1.82) is 0 Å². The maximum absolute atomic E-state index is 6.10. The molecular formula is C16H14ClNS3. The first-order chi connectivity index (χ1) is 10.3. The number of nitrogens with one attached hydrogen (secondary N) is 1. The molecule has 0 aliphatic carbocycles. The molecule has 1 nitrogen and oxygen atoms in total. The summed E-state index contributed by atoms with van der Waals surface area (Å²) in [5.74, 6) is 0. The van der Waals surface area contributed by atoms with E-state index in [-0.39, 0.29) is 6.04 Å². The van der Waals surface area contributed by atoms with Crippen molar-refractivity contribution >= 4 is 51.7 Å². The van der Waals surface area contributed by atoms with Crippen molar-refractivity contribution in [1.82, 2.24) is 0 Å². The van der Waals surface area contributed by atoms with Gasteiger partial charge in [-0.25, -0.2) is 0 Å². The highest BCUT2D eigenvalue weighted by atomic mass is 35.5. The predicted octanol–water partition coefficient (Wildman–Crippen LogP) is 6.39. The zero-order valence-electron chi connectivity index (χ0n) is 11.4. The maximum Gasteiger partial charge on any atom is 0.0954 e. The lowest BCUT2D eigenvalue weighted by molar-refractivity contribution is 0.992. The van der Waals surface area contributed by atoms with E-state index >= 15 is 0 Å². The molecule has 0 aliphatic heterocycles. The summed E-state index contributed by atoms with van der Waals surface area (Å²) in [6.45, 7) is 0. The number of rotatable bonds is 5. The molecule has 1 N–H and O–H groups in total. The molecule has 0 aliphatic rings. The van der Waals surface area contributed by atoms with E-state index in [4.69, 9.17) is 11.6 Å². The van der Waals surface area contributed by atoms with E-state index in [9.17, 15) is 0 Å². The fraction of sp³-hybridized carbons (Fsp3) is 0.125. The Kier molecular flexibility index (Phi) is 4.91. The Balaban J connectivity index is 1.88. The van der Waals surface area contributed by atoms with E-state index in [0.29, 0.717) is 0 Å². The van der Waals surface area contributed by atoms with Gasteiger partial charge in [-0.2, -0.15) is 0 Å². The molecule has 0 radical (unpaired) electrons. The standard InChI is InChI=1S/C16H14ClNS3/c1-19-12-6-4-11(5-7-12)18-16(13-3-2-10-20-13)14-8-9-15(17)21-14/h2-10,16,18H,1H3. The minimum Gasteiger partial charge on any atom is -0.373 e. The highest BCUT2D eigenvalue weighted by Crippen LogP contribution is 2.35. The summed E-state index contributed by atoms with van der Waals surface area (Å²) in [5.41, 5.74) is 1.12.